The monoisotopic (exact) mass is 345 g/mol. The van der Waals surface area contributed by atoms with Crippen LogP contribution in [0, 0.1) is 5.82 Å². The number of hydroxylamine groups is 1. The highest BCUT2D eigenvalue weighted by Gasteiger charge is 2.15. The molecule has 0 aliphatic heterocycles. The van der Waals surface area contributed by atoms with E-state index in [1.54, 1.807) is 43.3 Å². The minimum absolute atomic E-state index is 0.157. The van der Waals surface area contributed by atoms with Gasteiger partial charge in [-0.25, -0.2) is 9.18 Å². The van der Waals surface area contributed by atoms with E-state index in [1.165, 1.54) is 19.2 Å². The van der Waals surface area contributed by atoms with Gasteiger partial charge in [-0.15, -0.1) is 0 Å². The molecule has 2 N–H and O–H groups in total. The average Bonchev–Trinajstić information content (AvgIpc) is 2.62. The van der Waals surface area contributed by atoms with Crippen molar-refractivity contribution in [3.63, 3.8) is 0 Å². The highest BCUT2D eigenvalue weighted by atomic mass is 19.1. The summed E-state index contributed by atoms with van der Waals surface area (Å²) in [4.78, 5) is 17.4. The minimum Gasteiger partial charge on any atom is -0.508 e. The van der Waals surface area contributed by atoms with Gasteiger partial charge in [0.15, 0.2) is 0 Å². The van der Waals surface area contributed by atoms with E-state index in [4.69, 9.17) is 9.57 Å². The van der Waals surface area contributed by atoms with Crippen LogP contribution in [0.3, 0.4) is 0 Å². The van der Waals surface area contributed by atoms with Gasteiger partial charge < -0.3 is 9.84 Å². The van der Waals surface area contributed by atoms with Gasteiger partial charge in [-0.05, 0) is 42.3 Å². The Bertz CT molecular complexity index is 739. The van der Waals surface area contributed by atoms with Gasteiger partial charge in [0, 0.05) is 12.1 Å². The summed E-state index contributed by atoms with van der Waals surface area (Å²) in [7, 11) is 1.31. The molecule has 0 radical (unpaired) electrons. The van der Waals surface area contributed by atoms with Crippen LogP contribution in [0.5, 0.6) is 5.75 Å². The summed E-state index contributed by atoms with van der Waals surface area (Å²) in [5.74, 6) is -0.622. The molecule has 6 heteroatoms. The lowest BCUT2D eigenvalue weighted by atomic mass is 10.0. The number of esters is 1. The number of benzene rings is 2. The Hall–Kier alpha value is -2.86. The second-order valence-corrected chi connectivity index (χ2v) is 5.46. The Morgan fingerprint density at radius 2 is 1.68 bits per heavy atom. The van der Waals surface area contributed by atoms with Gasteiger partial charge in [-0.1, -0.05) is 24.3 Å². The molecule has 2 aromatic rings. The Morgan fingerprint density at radius 1 is 1.08 bits per heavy atom. The number of hydrogen-bond donors (Lipinski definition) is 2. The fourth-order valence-corrected chi connectivity index (χ4v) is 2.17. The van der Waals surface area contributed by atoms with E-state index >= 15 is 0 Å². The van der Waals surface area contributed by atoms with E-state index in [9.17, 15) is 14.3 Å². The van der Waals surface area contributed by atoms with Gasteiger partial charge in [0.05, 0.1) is 19.3 Å². The van der Waals surface area contributed by atoms with Crippen LogP contribution in [0.4, 0.5) is 4.39 Å². The number of carbonyl (C=O) groups excluding carboxylic acids is 1. The number of nitrogens with one attached hydrogen (secondary N) is 1. The van der Waals surface area contributed by atoms with Gasteiger partial charge in [-0.3, -0.25) is 10.3 Å². The molecule has 0 unspecified atom stereocenters. The average molecular weight is 345 g/mol. The molecule has 0 amide bonds. The maximum atomic E-state index is 12.9. The molecule has 0 bridgehead atoms. The highest BCUT2D eigenvalue weighted by Crippen LogP contribution is 2.16. The van der Waals surface area contributed by atoms with Gasteiger partial charge in [-0.2, -0.15) is 0 Å². The number of methoxy groups -OCH3 is 1. The molecule has 0 atom stereocenters. The van der Waals surface area contributed by atoms with E-state index in [0.29, 0.717) is 17.7 Å². The Balaban J connectivity index is 2.04. The molecule has 0 saturated heterocycles. The third-order valence-electron chi connectivity index (χ3n) is 3.58. The first-order chi connectivity index (χ1) is 12.0. The zero-order valence-corrected chi connectivity index (χ0v) is 14.1. The lowest BCUT2D eigenvalue weighted by Crippen LogP contribution is -2.19. The number of rotatable bonds is 7. The third kappa shape index (κ3) is 5.61. The molecule has 25 heavy (non-hydrogen) atoms. The predicted molar refractivity (Wildman–Crippen MR) is 90.9 cm³/mol. The Labute approximate surface area is 145 Å². The van der Waals surface area contributed by atoms with Crippen LogP contribution in [0.2, 0.25) is 0 Å². The molecular formula is C19H20FNO4. The molecular weight excluding hydrogens is 325 g/mol. The predicted octanol–water partition coefficient (Wildman–Crippen LogP) is 3.24. The summed E-state index contributed by atoms with van der Waals surface area (Å²) >= 11 is 0. The van der Waals surface area contributed by atoms with Crippen LogP contribution in [-0.2, 0) is 27.4 Å². The molecule has 0 aliphatic rings. The van der Waals surface area contributed by atoms with E-state index in [1.807, 2.05) is 0 Å². The number of halogens is 1. The lowest BCUT2D eigenvalue weighted by Gasteiger charge is -2.13. The molecule has 0 aliphatic carbocycles. The van der Waals surface area contributed by atoms with E-state index in [-0.39, 0.29) is 18.2 Å². The molecule has 0 fully saturated rings. The van der Waals surface area contributed by atoms with Crippen molar-refractivity contribution in [1.29, 1.82) is 0 Å². The smallest absolute Gasteiger partial charge is 0.335 e. The lowest BCUT2D eigenvalue weighted by molar-refractivity contribution is -0.136. The third-order valence-corrected chi connectivity index (χ3v) is 3.58. The molecule has 0 aromatic heterocycles. The quantitative estimate of drug-likeness (QED) is 0.458. The normalized spacial score (nSPS) is 11.6. The SMILES string of the molecule is COC(=O)C(Cc1ccc(O)cc1)=C(C)NOCc1ccc(F)cc1. The number of allylic oxidation sites excluding steroid dienone is 1. The van der Waals surface area contributed by atoms with E-state index in [0.717, 1.165) is 11.1 Å². The number of aromatic hydroxyl groups is 1. The second-order valence-electron chi connectivity index (χ2n) is 5.46. The molecule has 2 aromatic carbocycles. The molecule has 132 valence electrons. The minimum atomic E-state index is -0.469. The number of phenolic OH excluding ortho intramolecular Hbond substituents is 1. The number of ether oxygens (including phenoxy) is 1. The first-order valence-corrected chi connectivity index (χ1v) is 7.68. The van der Waals surface area contributed by atoms with Crippen molar-refractivity contribution in [3.05, 3.63) is 76.7 Å². The van der Waals surface area contributed by atoms with Crippen molar-refractivity contribution in [2.45, 2.75) is 20.0 Å². The number of phenols is 1. The van der Waals surface area contributed by atoms with Gasteiger partial charge >= 0.3 is 5.97 Å². The van der Waals surface area contributed by atoms with Crippen molar-refractivity contribution < 1.29 is 23.9 Å². The highest BCUT2D eigenvalue weighted by molar-refractivity contribution is 5.89. The summed E-state index contributed by atoms with van der Waals surface area (Å²) in [6.45, 7) is 1.92. The van der Waals surface area contributed by atoms with Gasteiger partial charge in [0.1, 0.15) is 11.6 Å². The van der Waals surface area contributed by atoms with Crippen molar-refractivity contribution in [3.8, 4) is 5.75 Å². The van der Waals surface area contributed by atoms with Crippen LogP contribution in [0.15, 0.2) is 59.8 Å². The van der Waals surface area contributed by atoms with Crippen LogP contribution in [-0.4, -0.2) is 18.2 Å². The van der Waals surface area contributed by atoms with Crippen molar-refractivity contribution in [2.24, 2.45) is 0 Å². The summed E-state index contributed by atoms with van der Waals surface area (Å²) in [5.41, 5.74) is 5.29. The molecule has 0 spiro atoms. The van der Waals surface area contributed by atoms with Crippen LogP contribution in [0.1, 0.15) is 18.1 Å². The van der Waals surface area contributed by atoms with Crippen molar-refractivity contribution >= 4 is 5.97 Å². The van der Waals surface area contributed by atoms with Crippen LogP contribution < -0.4 is 5.48 Å². The Morgan fingerprint density at radius 3 is 2.28 bits per heavy atom. The summed E-state index contributed by atoms with van der Waals surface area (Å²) in [6, 6.07) is 12.5. The Kier molecular flexibility index (Phi) is 6.54. The van der Waals surface area contributed by atoms with E-state index < -0.39 is 5.97 Å². The summed E-state index contributed by atoms with van der Waals surface area (Å²) < 4.78 is 17.7. The van der Waals surface area contributed by atoms with Crippen molar-refractivity contribution in [1.82, 2.24) is 5.48 Å². The van der Waals surface area contributed by atoms with Gasteiger partial charge in [0.25, 0.3) is 0 Å². The maximum absolute atomic E-state index is 12.9. The molecule has 0 saturated carbocycles. The van der Waals surface area contributed by atoms with E-state index in [2.05, 4.69) is 5.48 Å². The topological polar surface area (TPSA) is 67.8 Å². The zero-order chi connectivity index (χ0) is 18.2. The second kappa shape index (κ2) is 8.84. The first-order valence-electron chi connectivity index (χ1n) is 7.68. The molecule has 0 heterocycles. The number of hydrogen-bond acceptors (Lipinski definition) is 5. The fourth-order valence-electron chi connectivity index (χ4n) is 2.17. The van der Waals surface area contributed by atoms with Crippen LogP contribution in [0.25, 0.3) is 0 Å². The van der Waals surface area contributed by atoms with Crippen molar-refractivity contribution in [2.75, 3.05) is 7.11 Å². The fraction of sp³-hybridized carbons (Fsp3) is 0.211. The standard InChI is InChI=1S/C19H20FNO4/c1-13(21-25-12-15-3-7-16(20)8-4-15)18(19(23)24-2)11-14-5-9-17(22)10-6-14/h3-10,21-22H,11-12H2,1-2H3. The largest absolute Gasteiger partial charge is 0.508 e. The maximum Gasteiger partial charge on any atom is 0.335 e. The molecule has 2 rings (SSSR count). The van der Waals surface area contributed by atoms with Gasteiger partial charge in [0.2, 0.25) is 0 Å². The number of carbonyl (C=O) groups is 1. The zero-order valence-electron chi connectivity index (χ0n) is 14.1. The summed E-state index contributed by atoms with van der Waals surface area (Å²) in [5, 5.41) is 9.34. The van der Waals surface area contributed by atoms with Crippen LogP contribution >= 0.6 is 0 Å². The first kappa shape index (κ1) is 18.5. The summed E-state index contributed by atoms with van der Waals surface area (Å²) in [6.07, 6.45) is 0.325. The molecule has 5 nitrogen and oxygen atoms in total.